The van der Waals surface area contributed by atoms with E-state index in [1.165, 1.54) is 0 Å². The van der Waals surface area contributed by atoms with Crippen LogP contribution in [-0.4, -0.2) is 57.8 Å². The van der Waals surface area contributed by atoms with Gasteiger partial charge in [-0.25, -0.2) is 0 Å². The molecule has 0 spiro atoms. The minimum absolute atomic E-state index is 0.269. The second-order valence-corrected chi connectivity index (χ2v) is 4.45. The van der Waals surface area contributed by atoms with E-state index < -0.39 is 7.12 Å². The maximum absolute atomic E-state index is 9.31. The lowest BCUT2D eigenvalue weighted by atomic mass is 9.77. The van der Waals surface area contributed by atoms with Gasteiger partial charge in [-0.2, -0.15) is 0 Å². The molecule has 1 rings (SSSR count). The van der Waals surface area contributed by atoms with Crippen LogP contribution in [0.1, 0.15) is 12.0 Å². The average Bonchev–Trinajstić information content (AvgIpc) is 2.49. The summed E-state index contributed by atoms with van der Waals surface area (Å²) >= 11 is 0. The number of rotatable bonds is 11. The van der Waals surface area contributed by atoms with E-state index in [-0.39, 0.29) is 6.61 Å². The van der Waals surface area contributed by atoms with E-state index in [4.69, 9.17) is 18.9 Å². The second-order valence-electron chi connectivity index (χ2n) is 4.45. The monoisotopic (exact) mass is 298 g/mol. The fourth-order valence-electron chi connectivity index (χ4n) is 1.79. The molecule has 0 heterocycles. The Bertz CT molecular complexity index is 399. The SMILES string of the molecule is COCCCOCCOCc1cc(OC)ccc1B(O)O. The molecule has 1 aromatic carbocycles. The molecule has 0 bridgehead atoms. The van der Waals surface area contributed by atoms with Gasteiger partial charge in [-0.1, -0.05) is 6.07 Å². The van der Waals surface area contributed by atoms with Crippen LogP contribution in [0.4, 0.5) is 0 Å². The summed E-state index contributed by atoms with van der Waals surface area (Å²) in [5.74, 6) is 0.647. The van der Waals surface area contributed by atoms with Crippen molar-refractivity contribution in [1.82, 2.24) is 0 Å². The van der Waals surface area contributed by atoms with Crippen LogP contribution in [0.15, 0.2) is 18.2 Å². The van der Waals surface area contributed by atoms with E-state index in [0.717, 1.165) is 6.42 Å². The fourth-order valence-corrected chi connectivity index (χ4v) is 1.79. The van der Waals surface area contributed by atoms with E-state index in [9.17, 15) is 10.0 Å². The summed E-state index contributed by atoms with van der Waals surface area (Å²) < 4.78 is 20.9. The lowest BCUT2D eigenvalue weighted by Crippen LogP contribution is -2.33. The van der Waals surface area contributed by atoms with Crippen molar-refractivity contribution in [2.75, 3.05) is 40.6 Å². The highest BCUT2D eigenvalue weighted by Crippen LogP contribution is 2.12. The number of ether oxygens (including phenoxy) is 4. The van der Waals surface area contributed by atoms with Crippen molar-refractivity contribution < 1.29 is 29.0 Å². The first kappa shape index (κ1) is 17.9. The van der Waals surface area contributed by atoms with Gasteiger partial charge in [0.1, 0.15) is 5.75 Å². The molecule has 0 radical (unpaired) electrons. The summed E-state index contributed by atoms with van der Waals surface area (Å²) in [5.41, 5.74) is 1.10. The first-order chi connectivity index (χ1) is 10.2. The molecule has 7 heteroatoms. The summed E-state index contributed by atoms with van der Waals surface area (Å²) in [5, 5.41) is 18.6. The molecule has 0 amide bonds. The molecule has 6 nitrogen and oxygen atoms in total. The maximum atomic E-state index is 9.31. The van der Waals surface area contributed by atoms with Crippen molar-refractivity contribution in [1.29, 1.82) is 0 Å². The zero-order valence-electron chi connectivity index (χ0n) is 12.6. The van der Waals surface area contributed by atoms with Crippen LogP contribution in [0, 0.1) is 0 Å². The standard InChI is InChI=1S/C14H23BO6/c1-18-6-3-7-20-8-9-21-11-12-10-13(19-2)4-5-14(12)15(16)17/h4-5,10,16-17H,3,6-9,11H2,1-2H3. The minimum atomic E-state index is -1.53. The highest BCUT2D eigenvalue weighted by Gasteiger charge is 2.16. The van der Waals surface area contributed by atoms with Gasteiger partial charge >= 0.3 is 7.12 Å². The number of hydrogen-bond acceptors (Lipinski definition) is 6. The van der Waals surface area contributed by atoms with Gasteiger partial charge in [0.2, 0.25) is 0 Å². The lowest BCUT2D eigenvalue weighted by molar-refractivity contribution is 0.0338. The van der Waals surface area contributed by atoms with Crippen LogP contribution in [0.5, 0.6) is 5.75 Å². The second kappa shape index (κ2) is 10.6. The Balaban J connectivity index is 2.33. The highest BCUT2D eigenvalue weighted by atomic mass is 16.5. The molecule has 0 saturated heterocycles. The van der Waals surface area contributed by atoms with Crippen LogP contribution < -0.4 is 10.2 Å². The first-order valence-electron chi connectivity index (χ1n) is 6.86. The summed E-state index contributed by atoms with van der Waals surface area (Å²) in [6.07, 6.45) is 0.854. The summed E-state index contributed by atoms with van der Waals surface area (Å²) in [7, 11) is 1.69. The number of hydrogen-bond donors (Lipinski definition) is 2. The minimum Gasteiger partial charge on any atom is -0.497 e. The fraction of sp³-hybridized carbons (Fsp3) is 0.571. The first-order valence-corrected chi connectivity index (χ1v) is 6.86. The molecule has 0 atom stereocenters. The Kier molecular flexibility index (Phi) is 9.04. The van der Waals surface area contributed by atoms with Gasteiger partial charge in [0, 0.05) is 20.3 Å². The van der Waals surface area contributed by atoms with E-state index in [0.29, 0.717) is 43.2 Å². The van der Waals surface area contributed by atoms with Gasteiger partial charge in [0.25, 0.3) is 0 Å². The zero-order valence-corrected chi connectivity index (χ0v) is 12.6. The van der Waals surface area contributed by atoms with Crippen molar-refractivity contribution >= 4 is 12.6 Å². The van der Waals surface area contributed by atoms with Crippen molar-refractivity contribution in [3.05, 3.63) is 23.8 Å². The molecule has 0 fully saturated rings. The maximum Gasteiger partial charge on any atom is 0.488 e. The summed E-state index contributed by atoms with van der Waals surface area (Å²) in [6, 6.07) is 5.02. The molecule has 0 aliphatic heterocycles. The molecular formula is C14H23BO6. The molecule has 1 aromatic rings. The Morgan fingerprint density at radius 2 is 1.76 bits per heavy atom. The normalized spacial score (nSPS) is 10.7. The van der Waals surface area contributed by atoms with Crippen LogP contribution >= 0.6 is 0 Å². The molecule has 2 N–H and O–H groups in total. The molecular weight excluding hydrogens is 275 g/mol. The Morgan fingerprint density at radius 3 is 2.43 bits per heavy atom. The van der Waals surface area contributed by atoms with E-state index in [1.54, 1.807) is 32.4 Å². The summed E-state index contributed by atoms with van der Waals surface area (Å²) in [4.78, 5) is 0. The molecule has 118 valence electrons. The van der Waals surface area contributed by atoms with Crippen LogP contribution in [0.3, 0.4) is 0 Å². The summed E-state index contributed by atoms with van der Waals surface area (Å²) in [6.45, 7) is 2.51. The van der Waals surface area contributed by atoms with Crippen LogP contribution in [0.2, 0.25) is 0 Å². The Morgan fingerprint density at radius 1 is 1.00 bits per heavy atom. The Hall–Kier alpha value is -1.12. The average molecular weight is 298 g/mol. The molecule has 0 aliphatic carbocycles. The predicted molar refractivity (Wildman–Crippen MR) is 79.8 cm³/mol. The van der Waals surface area contributed by atoms with Crippen molar-refractivity contribution in [2.24, 2.45) is 0 Å². The van der Waals surface area contributed by atoms with Gasteiger partial charge in [-0.3, -0.25) is 0 Å². The molecule has 0 aliphatic rings. The molecule has 21 heavy (non-hydrogen) atoms. The number of benzene rings is 1. The van der Waals surface area contributed by atoms with E-state index >= 15 is 0 Å². The topological polar surface area (TPSA) is 77.4 Å². The van der Waals surface area contributed by atoms with Crippen LogP contribution in [0.25, 0.3) is 0 Å². The molecule has 0 saturated carbocycles. The van der Waals surface area contributed by atoms with Gasteiger partial charge in [-0.15, -0.1) is 0 Å². The molecule has 0 aromatic heterocycles. The van der Waals surface area contributed by atoms with Crippen molar-refractivity contribution in [3.63, 3.8) is 0 Å². The predicted octanol–water partition coefficient (Wildman–Crippen LogP) is -0.0553. The largest absolute Gasteiger partial charge is 0.497 e. The van der Waals surface area contributed by atoms with E-state index in [2.05, 4.69) is 0 Å². The quantitative estimate of drug-likeness (QED) is 0.440. The van der Waals surface area contributed by atoms with Gasteiger partial charge in [0.05, 0.1) is 26.9 Å². The third-order valence-electron chi connectivity index (χ3n) is 2.90. The van der Waals surface area contributed by atoms with Crippen molar-refractivity contribution in [2.45, 2.75) is 13.0 Å². The number of methoxy groups -OCH3 is 2. The lowest BCUT2D eigenvalue weighted by Gasteiger charge is -2.11. The van der Waals surface area contributed by atoms with E-state index in [1.807, 2.05) is 0 Å². The smallest absolute Gasteiger partial charge is 0.488 e. The highest BCUT2D eigenvalue weighted by molar-refractivity contribution is 6.59. The van der Waals surface area contributed by atoms with Gasteiger partial charge in [-0.05, 0) is 29.6 Å². The zero-order chi connectivity index (χ0) is 15.5. The van der Waals surface area contributed by atoms with Gasteiger partial charge < -0.3 is 29.0 Å². The Labute approximate surface area is 125 Å². The van der Waals surface area contributed by atoms with Gasteiger partial charge in [0.15, 0.2) is 0 Å². The van der Waals surface area contributed by atoms with Crippen molar-refractivity contribution in [3.8, 4) is 5.75 Å². The third-order valence-corrected chi connectivity index (χ3v) is 2.90. The third kappa shape index (κ3) is 6.92. The molecule has 0 unspecified atom stereocenters. The van der Waals surface area contributed by atoms with Crippen LogP contribution in [-0.2, 0) is 20.8 Å².